The first-order valence-electron chi connectivity index (χ1n) is 6.35. The van der Waals surface area contributed by atoms with Crippen molar-refractivity contribution in [2.24, 2.45) is 0 Å². The maximum Gasteiger partial charge on any atom is 0.322 e. The van der Waals surface area contributed by atoms with Crippen LogP contribution in [0.15, 0.2) is 39.4 Å². The number of hydrogen-bond donors (Lipinski definition) is 1. The van der Waals surface area contributed by atoms with Crippen molar-refractivity contribution in [3.05, 3.63) is 45.1 Å². The number of anilines is 1. The van der Waals surface area contributed by atoms with Gasteiger partial charge in [-0.15, -0.1) is 5.10 Å². The number of halogens is 2. The van der Waals surface area contributed by atoms with Crippen LogP contribution < -0.4 is 10.1 Å². The molecule has 2 heterocycles. The van der Waals surface area contributed by atoms with E-state index in [1.807, 2.05) is 16.8 Å². The summed E-state index contributed by atoms with van der Waals surface area (Å²) in [4.78, 5) is 11.8. The fourth-order valence-corrected chi connectivity index (χ4v) is 2.76. The summed E-state index contributed by atoms with van der Waals surface area (Å²) in [5.74, 6) is 0.246. The molecule has 0 aliphatic heterocycles. The maximum absolute atomic E-state index is 11.8. The summed E-state index contributed by atoms with van der Waals surface area (Å²) in [5.41, 5.74) is 0.798. The van der Waals surface area contributed by atoms with Gasteiger partial charge in [-0.1, -0.05) is 28.3 Å². The van der Waals surface area contributed by atoms with Crippen LogP contribution >= 0.6 is 34.5 Å². The second-order valence-corrected chi connectivity index (χ2v) is 5.96. The third-order valence-electron chi connectivity index (χ3n) is 2.69. The summed E-state index contributed by atoms with van der Waals surface area (Å²) in [6.07, 6.45) is 0. The zero-order valence-corrected chi connectivity index (χ0v) is 13.8. The van der Waals surface area contributed by atoms with Crippen molar-refractivity contribution in [2.75, 3.05) is 11.9 Å². The van der Waals surface area contributed by atoms with E-state index < -0.39 is 5.91 Å². The van der Waals surface area contributed by atoms with Gasteiger partial charge in [-0.05, 0) is 29.6 Å². The second kappa shape index (κ2) is 6.99. The number of amides is 1. The van der Waals surface area contributed by atoms with Gasteiger partial charge in [0.1, 0.15) is 5.75 Å². The van der Waals surface area contributed by atoms with E-state index in [0.717, 1.165) is 5.56 Å². The highest BCUT2D eigenvalue weighted by Gasteiger charge is 2.12. The smallest absolute Gasteiger partial charge is 0.322 e. The SMILES string of the molecule is O=C(COc1ccc(Cl)cc1Cl)Nc1nnc(-c2ccsc2)o1. The quantitative estimate of drug-likeness (QED) is 0.731. The van der Waals surface area contributed by atoms with E-state index in [-0.39, 0.29) is 12.6 Å². The van der Waals surface area contributed by atoms with Gasteiger partial charge in [0.15, 0.2) is 6.61 Å². The number of ether oxygens (including phenoxy) is 1. The molecule has 0 unspecified atom stereocenters. The molecule has 0 saturated heterocycles. The second-order valence-electron chi connectivity index (χ2n) is 4.34. The third-order valence-corrected chi connectivity index (χ3v) is 3.91. The number of nitrogens with zero attached hydrogens (tertiary/aromatic N) is 2. The Morgan fingerprint density at radius 2 is 2.17 bits per heavy atom. The molecule has 1 amide bonds. The topological polar surface area (TPSA) is 77.2 Å². The Morgan fingerprint density at radius 1 is 1.30 bits per heavy atom. The molecule has 0 atom stereocenters. The van der Waals surface area contributed by atoms with Crippen LogP contribution in [0.3, 0.4) is 0 Å². The van der Waals surface area contributed by atoms with Crippen LogP contribution in [0.4, 0.5) is 6.01 Å². The summed E-state index contributed by atoms with van der Waals surface area (Å²) in [5, 5.41) is 14.6. The lowest BCUT2D eigenvalue weighted by molar-refractivity contribution is -0.118. The van der Waals surface area contributed by atoms with Crippen molar-refractivity contribution < 1.29 is 13.9 Å². The molecule has 0 bridgehead atoms. The number of nitrogens with one attached hydrogen (secondary N) is 1. The van der Waals surface area contributed by atoms with Gasteiger partial charge in [0.2, 0.25) is 0 Å². The molecule has 0 spiro atoms. The van der Waals surface area contributed by atoms with E-state index >= 15 is 0 Å². The molecule has 0 aliphatic rings. The molecule has 6 nitrogen and oxygen atoms in total. The first-order chi connectivity index (χ1) is 11.1. The van der Waals surface area contributed by atoms with Crippen molar-refractivity contribution in [1.82, 2.24) is 10.2 Å². The predicted molar refractivity (Wildman–Crippen MR) is 88.2 cm³/mol. The minimum absolute atomic E-state index is 0.00185. The minimum atomic E-state index is -0.448. The number of carbonyl (C=O) groups excluding carboxylic acids is 1. The molecule has 1 N–H and O–H groups in total. The van der Waals surface area contributed by atoms with Gasteiger partial charge < -0.3 is 9.15 Å². The van der Waals surface area contributed by atoms with Crippen LogP contribution in [0.2, 0.25) is 10.0 Å². The number of hydrogen-bond acceptors (Lipinski definition) is 6. The number of benzene rings is 1. The average Bonchev–Trinajstić information content (AvgIpc) is 3.17. The van der Waals surface area contributed by atoms with Crippen molar-refractivity contribution in [2.45, 2.75) is 0 Å². The normalized spacial score (nSPS) is 10.5. The molecule has 1 aromatic carbocycles. The summed E-state index contributed by atoms with van der Waals surface area (Å²) in [6.45, 7) is -0.252. The van der Waals surface area contributed by atoms with Gasteiger partial charge in [-0.3, -0.25) is 10.1 Å². The van der Waals surface area contributed by atoms with E-state index in [1.165, 1.54) is 17.4 Å². The van der Waals surface area contributed by atoms with E-state index in [1.54, 1.807) is 12.1 Å². The van der Waals surface area contributed by atoms with Crippen LogP contribution in [-0.4, -0.2) is 22.7 Å². The average molecular weight is 370 g/mol. The summed E-state index contributed by atoms with van der Waals surface area (Å²) < 4.78 is 10.7. The Labute approximate surface area is 145 Å². The largest absolute Gasteiger partial charge is 0.482 e. The molecule has 3 aromatic rings. The molecule has 118 valence electrons. The number of carbonyl (C=O) groups is 1. The lowest BCUT2D eigenvalue weighted by atomic mass is 10.3. The highest BCUT2D eigenvalue weighted by molar-refractivity contribution is 7.08. The Morgan fingerprint density at radius 3 is 2.91 bits per heavy atom. The lowest BCUT2D eigenvalue weighted by Crippen LogP contribution is -2.20. The number of aromatic nitrogens is 2. The molecule has 3 rings (SSSR count). The van der Waals surface area contributed by atoms with Gasteiger partial charge in [0, 0.05) is 16.0 Å². The van der Waals surface area contributed by atoms with Crippen molar-refractivity contribution >= 4 is 46.5 Å². The summed E-state index contributed by atoms with van der Waals surface area (Å²) in [6, 6.07) is 6.57. The van der Waals surface area contributed by atoms with Crippen LogP contribution in [0, 0.1) is 0 Å². The Bertz CT molecular complexity index is 821. The van der Waals surface area contributed by atoms with Crippen LogP contribution in [0.25, 0.3) is 11.5 Å². The number of rotatable bonds is 5. The molecule has 0 radical (unpaired) electrons. The van der Waals surface area contributed by atoms with Gasteiger partial charge in [-0.2, -0.15) is 11.3 Å². The fourth-order valence-electron chi connectivity index (χ4n) is 1.67. The van der Waals surface area contributed by atoms with Crippen LogP contribution in [-0.2, 0) is 4.79 Å². The molecule has 23 heavy (non-hydrogen) atoms. The highest BCUT2D eigenvalue weighted by atomic mass is 35.5. The van der Waals surface area contributed by atoms with Crippen molar-refractivity contribution in [3.8, 4) is 17.2 Å². The van der Waals surface area contributed by atoms with E-state index in [4.69, 9.17) is 32.4 Å². The first kappa shape index (κ1) is 15.8. The van der Waals surface area contributed by atoms with E-state index in [0.29, 0.717) is 21.7 Å². The monoisotopic (exact) mass is 369 g/mol. The van der Waals surface area contributed by atoms with Gasteiger partial charge in [0.05, 0.1) is 5.02 Å². The lowest BCUT2D eigenvalue weighted by Gasteiger charge is -2.07. The molecule has 0 fully saturated rings. The third kappa shape index (κ3) is 4.01. The Hall–Kier alpha value is -2.09. The van der Waals surface area contributed by atoms with Gasteiger partial charge in [0.25, 0.3) is 11.8 Å². The summed E-state index contributed by atoms with van der Waals surface area (Å²) in [7, 11) is 0. The molecule has 0 aliphatic carbocycles. The molecule has 9 heteroatoms. The zero-order chi connectivity index (χ0) is 16.2. The van der Waals surface area contributed by atoms with E-state index in [9.17, 15) is 4.79 Å². The van der Waals surface area contributed by atoms with Crippen LogP contribution in [0.1, 0.15) is 0 Å². The van der Waals surface area contributed by atoms with E-state index in [2.05, 4.69) is 15.5 Å². The molecular weight excluding hydrogens is 361 g/mol. The maximum atomic E-state index is 11.8. The molecule has 0 saturated carbocycles. The number of thiophene rings is 1. The Kier molecular flexibility index (Phi) is 4.80. The van der Waals surface area contributed by atoms with Crippen molar-refractivity contribution in [3.63, 3.8) is 0 Å². The van der Waals surface area contributed by atoms with Gasteiger partial charge >= 0.3 is 6.01 Å². The predicted octanol–water partition coefficient (Wildman–Crippen LogP) is 4.12. The zero-order valence-electron chi connectivity index (χ0n) is 11.5. The Balaban J connectivity index is 1.57. The minimum Gasteiger partial charge on any atom is -0.482 e. The van der Waals surface area contributed by atoms with Gasteiger partial charge in [-0.25, -0.2) is 0 Å². The highest BCUT2D eigenvalue weighted by Crippen LogP contribution is 2.27. The standard InChI is InChI=1S/C14H9Cl2N3O3S/c15-9-1-2-11(10(16)5-9)21-6-12(20)17-14-19-18-13(22-14)8-3-4-23-7-8/h1-5,7H,6H2,(H,17,19,20). The summed E-state index contributed by atoms with van der Waals surface area (Å²) >= 11 is 13.2. The van der Waals surface area contributed by atoms with Crippen LogP contribution in [0.5, 0.6) is 5.75 Å². The fraction of sp³-hybridized carbons (Fsp3) is 0.0714. The molecule has 2 aromatic heterocycles. The van der Waals surface area contributed by atoms with Crippen molar-refractivity contribution in [1.29, 1.82) is 0 Å². The molecular formula is C14H9Cl2N3O3S. The first-order valence-corrected chi connectivity index (χ1v) is 8.05.